The third kappa shape index (κ3) is 5.72. The van der Waals surface area contributed by atoms with E-state index in [-0.39, 0.29) is 0 Å². The molecule has 0 radical (unpaired) electrons. The maximum atomic E-state index is 9.87. The van der Waals surface area contributed by atoms with Crippen LogP contribution in [0.15, 0.2) is 133 Å². The van der Waals surface area contributed by atoms with Crippen molar-refractivity contribution < 1.29 is 29.7 Å². The van der Waals surface area contributed by atoms with Crippen LogP contribution >= 0.6 is 7.81 Å². The molecule has 0 saturated heterocycles. The smallest absolute Gasteiger partial charge is 0.153 e. The van der Waals surface area contributed by atoms with Crippen LogP contribution in [0.2, 0.25) is 0 Å². The first-order valence-electron chi connectivity index (χ1n) is 12.7. The van der Waals surface area contributed by atoms with E-state index < -0.39 is 7.81 Å². The number of hydrogen-bond acceptors (Lipinski definition) is 0. The maximum Gasteiger partial charge on any atom is 0.220 e. The van der Waals surface area contributed by atoms with E-state index >= 15 is 0 Å². The summed E-state index contributed by atoms with van der Waals surface area (Å²) in [6.07, 6.45) is 0. The summed E-state index contributed by atoms with van der Waals surface area (Å²) in [5, 5.41) is 7.64. The van der Waals surface area contributed by atoms with Gasteiger partial charge in [-0.2, -0.15) is 4.57 Å². The molecule has 0 aliphatic rings. The first kappa shape index (κ1) is 26.7. The zero-order valence-electron chi connectivity index (χ0n) is 21.4. The van der Waals surface area contributed by atoms with E-state index in [2.05, 4.69) is 138 Å². The Balaban J connectivity index is 0.000000387. The van der Waals surface area contributed by atoms with Crippen LogP contribution in [0.3, 0.4) is 0 Å². The number of fused-ring (bicyclic) bond motifs is 6. The van der Waals surface area contributed by atoms with Crippen molar-refractivity contribution in [1.82, 2.24) is 0 Å². The zero-order valence-corrected chi connectivity index (χ0v) is 22.3. The fourth-order valence-electron chi connectivity index (χ4n) is 5.42. The Morgan fingerprint density at radius 1 is 0.415 bits per heavy atom. The number of benzene rings is 6. The Morgan fingerprint density at radius 3 is 1.27 bits per heavy atom. The number of halogens is 6. The first-order valence-corrected chi connectivity index (χ1v) is 14.8. The van der Waals surface area contributed by atoms with Crippen LogP contribution in [0.5, 0.6) is 0 Å². The molecule has 0 N–H and O–H groups in total. The number of aromatic nitrogens is 1. The molecular formula is C33H22F6NP. The quantitative estimate of drug-likeness (QED) is 0.0633. The third-order valence-electron chi connectivity index (χ3n) is 6.87. The van der Waals surface area contributed by atoms with Crippen LogP contribution < -0.4 is 4.57 Å². The molecule has 1 heterocycles. The fraction of sp³-hybridized carbons (Fsp3) is 0. The van der Waals surface area contributed by atoms with E-state index in [1.54, 1.807) is 0 Å². The topological polar surface area (TPSA) is 3.88 Å². The second-order valence-corrected chi connectivity index (χ2v) is 11.6. The minimum absolute atomic E-state index is 1.17. The Bertz CT molecular complexity index is 1970. The Morgan fingerprint density at radius 2 is 0.805 bits per heavy atom. The summed E-state index contributed by atoms with van der Waals surface area (Å²) >= 11 is 0. The molecule has 0 aliphatic heterocycles. The van der Waals surface area contributed by atoms with Gasteiger partial charge in [0.2, 0.25) is 16.7 Å². The standard InChI is InChI=1S/C33H22N.F6P/c1-3-13-25(14-4-1)31-32-27-17-9-7-11-23(27)19-21-29(32)34(26-15-5-2-6-16-26)30-22-20-24-12-8-10-18-28(24)33(30)31;1-7(2,3,4,5)6/h1-22H;/q+1;-1. The summed E-state index contributed by atoms with van der Waals surface area (Å²) in [6, 6.07) is 48.1. The Hall–Kier alpha value is -4.48. The van der Waals surface area contributed by atoms with Gasteiger partial charge >= 0.3 is 33.0 Å². The minimum Gasteiger partial charge on any atom is -0.153 e. The molecule has 1 aromatic heterocycles. The fourth-order valence-corrected chi connectivity index (χ4v) is 5.42. The van der Waals surface area contributed by atoms with E-state index in [0.717, 1.165) is 0 Å². The predicted molar refractivity (Wildman–Crippen MR) is 157 cm³/mol. The molecule has 41 heavy (non-hydrogen) atoms. The van der Waals surface area contributed by atoms with Crippen molar-refractivity contribution in [3.05, 3.63) is 133 Å². The first-order chi connectivity index (χ1) is 19.3. The molecule has 0 bridgehead atoms. The summed E-state index contributed by atoms with van der Waals surface area (Å²) in [6.45, 7) is 0. The van der Waals surface area contributed by atoms with Crippen LogP contribution in [0.1, 0.15) is 0 Å². The van der Waals surface area contributed by atoms with Crippen molar-refractivity contribution in [3.63, 3.8) is 0 Å². The molecule has 0 atom stereocenters. The zero-order chi connectivity index (χ0) is 28.9. The molecule has 0 amide bonds. The molecule has 7 rings (SSSR count). The van der Waals surface area contributed by atoms with Gasteiger partial charge in [0.15, 0.2) is 0 Å². The van der Waals surface area contributed by atoms with E-state index in [9.17, 15) is 25.2 Å². The van der Waals surface area contributed by atoms with Gasteiger partial charge in [0, 0.05) is 29.8 Å². The number of rotatable bonds is 2. The van der Waals surface area contributed by atoms with Crippen LogP contribution in [0.4, 0.5) is 25.2 Å². The maximum absolute atomic E-state index is 10.7. The van der Waals surface area contributed by atoms with Crippen molar-refractivity contribution in [3.8, 4) is 16.8 Å². The molecule has 0 saturated carbocycles. The van der Waals surface area contributed by atoms with Gasteiger partial charge in [0.25, 0.3) is 0 Å². The van der Waals surface area contributed by atoms with Gasteiger partial charge in [-0.25, -0.2) is 0 Å². The van der Waals surface area contributed by atoms with Gasteiger partial charge in [0.05, 0.1) is 10.8 Å². The van der Waals surface area contributed by atoms with Crippen LogP contribution in [-0.2, 0) is 0 Å². The number of para-hydroxylation sites is 1. The Kier molecular flexibility index (Phi) is 5.88. The molecule has 0 spiro atoms. The molecular weight excluding hydrogens is 555 g/mol. The number of hydrogen-bond donors (Lipinski definition) is 0. The molecule has 6 aromatic carbocycles. The molecule has 0 fully saturated rings. The summed E-state index contributed by atoms with van der Waals surface area (Å²) in [5.74, 6) is 0. The van der Waals surface area contributed by atoms with Gasteiger partial charge in [-0.3, -0.25) is 0 Å². The van der Waals surface area contributed by atoms with Crippen molar-refractivity contribution in [2.24, 2.45) is 0 Å². The summed E-state index contributed by atoms with van der Waals surface area (Å²) < 4.78 is 61.6. The monoisotopic (exact) mass is 577 g/mol. The largest absolute Gasteiger partial charge is 0.220 e. The van der Waals surface area contributed by atoms with E-state index in [1.165, 1.54) is 60.2 Å². The van der Waals surface area contributed by atoms with E-state index in [4.69, 9.17) is 0 Å². The SMILES string of the molecule is F[P-](F)(F)(F)(F)F.c1ccc(-c2c3c4ccccc4ccc3[n+](-c3ccccc3)c3ccc4ccccc4c23)cc1. The molecule has 7 aromatic rings. The normalized spacial score (nSPS) is 13.5. The predicted octanol–water partition coefficient (Wildman–Crippen LogP) is 11.6. The van der Waals surface area contributed by atoms with Crippen LogP contribution in [0, 0.1) is 0 Å². The van der Waals surface area contributed by atoms with Gasteiger partial charge < -0.3 is 0 Å². The van der Waals surface area contributed by atoms with Crippen molar-refractivity contribution in [2.75, 3.05) is 0 Å². The minimum atomic E-state index is -10.7. The molecule has 1 nitrogen and oxygen atoms in total. The van der Waals surface area contributed by atoms with E-state index in [0.29, 0.717) is 0 Å². The number of nitrogens with zero attached hydrogens (tertiary/aromatic N) is 1. The van der Waals surface area contributed by atoms with Gasteiger partial charge in [-0.15, -0.1) is 0 Å². The second kappa shape index (κ2) is 9.02. The third-order valence-corrected chi connectivity index (χ3v) is 6.87. The van der Waals surface area contributed by atoms with Gasteiger partial charge in [-0.05, 0) is 39.2 Å². The molecule has 0 unspecified atom stereocenters. The second-order valence-electron chi connectivity index (χ2n) is 9.73. The van der Waals surface area contributed by atoms with Gasteiger partial charge in [0.1, 0.15) is 0 Å². The van der Waals surface area contributed by atoms with Crippen molar-refractivity contribution in [1.29, 1.82) is 0 Å². The van der Waals surface area contributed by atoms with Crippen LogP contribution in [-0.4, -0.2) is 0 Å². The summed E-state index contributed by atoms with van der Waals surface area (Å²) in [5.41, 5.74) is 6.14. The number of pyridine rings is 1. The van der Waals surface area contributed by atoms with Crippen molar-refractivity contribution in [2.45, 2.75) is 0 Å². The summed E-state index contributed by atoms with van der Waals surface area (Å²) in [7, 11) is -10.7. The average Bonchev–Trinajstić information content (AvgIpc) is 2.95. The summed E-state index contributed by atoms with van der Waals surface area (Å²) in [4.78, 5) is 0. The van der Waals surface area contributed by atoms with Gasteiger partial charge in [-0.1, -0.05) is 97.1 Å². The van der Waals surface area contributed by atoms with E-state index in [1.807, 2.05) is 0 Å². The van der Waals surface area contributed by atoms with Crippen LogP contribution in [0.25, 0.3) is 60.2 Å². The average molecular weight is 578 g/mol. The molecule has 8 heteroatoms. The Labute approximate surface area is 231 Å². The molecule has 206 valence electrons. The van der Waals surface area contributed by atoms with Crippen molar-refractivity contribution >= 4 is 51.2 Å². The molecule has 0 aliphatic carbocycles.